The molecule has 0 aliphatic heterocycles. The summed E-state index contributed by atoms with van der Waals surface area (Å²) in [6.45, 7) is 0.684. The Bertz CT molecular complexity index is 630. The summed E-state index contributed by atoms with van der Waals surface area (Å²) in [5.74, 6) is 0.0121. The van der Waals surface area contributed by atoms with Crippen molar-refractivity contribution in [2.45, 2.75) is 38.6 Å². The number of aromatic nitrogens is 2. The molecule has 0 radical (unpaired) electrons. The fraction of sp³-hybridized carbons (Fsp3) is 0.375. The molecule has 1 aromatic heterocycles. The maximum Gasteiger partial charge on any atom is 0.226 e. The van der Waals surface area contributed by atoms with E-state index in [1.54, 1.807) is 12.1 Å². The lowest BCUT2D eigenvalue weighted by Crippen LogP contribution is -2.16. The van der Waals surface area contributed by atoms with Crippen LogP contribution in [0.15, 0.2) is 30.6 Å². The highest BCUT2D eigenvalue weighted by molar-refractivity contribution is 5.90. The van der Waals surface area contributed by atoms with Crippen molar-refractivity contribution in [1.29, 1.82) is 0 Å². The highest BCUT2D eigenvalue weighted by Crippen LogP contribution is 2.20. The van der Waals surface area contributed by atoms with Gasteiger partial charge in [0.2, 0.25) is 5.91 Å². The minimum Gasteiger partial charge on any atom is -0.399 e. The quantitative estimate of drug-likeness (QED) is 0.847. The second kappa shape index (κ2) is 5.99. The second-order valence-electron chi connectivity index (χ2n) is 5.46. The van der Waals surface area contributed by atoms with Crippen LogP contribution < -0.4 is 11.1 Å². The Morgan fingerprint density at radius 2 is 2.00 bits per heavy atom. The summed E-state index contributed by atoms with van der Waals surface area (Å²) in [7, 11) is 0. The van der Waals surface area contributed by atoms with Gasteiger partial charge in [-0.15, -0.1) is 0 Å². The largest absolute Gasteiger partial charge is 0.399 e. The van der Waals surface area contributed by atoms with Crippen molar-refractivity contribution in [3.05, 3.63) is 42.0 Å². The monoisotopic (exact) mass is 284 g/mol. The van der Waals surface area contributed by atoms with Gasteiger partial charge in [-0.3, -0.25) is 4.79 Å². The van der Waals surface area contributed by atoms with Crippen LogP contribution in [0.2, 0.25) is 0 Å². The molecule has 1 aromatic carbocycles. The van der Waals surface area contributed by atoms with Gasteiger partial charge in [0.1, 0.15) is 0 Å². The Hall–Kier alpha value is -2.30. The third-order valence-corrected chi connectivity index (χ3v) is 3.88. The number of rotatable bonds is 4. The van der Waals surface area contributed by atoms with E-state index in [0.717, 1.165) is 18.5 Å². The summed E-state index contributed by atoms with van der Waals surface area (Å²) in [6, 6.07) is 7.18. The highest BCUT2D eigenvalue weighted by atomic mass is 16.1. The lowest BCUT2D eigenvalue weighted by atomic mass is 10.0. The van der Waals surface area contributed by atoms with Gasteiger partial charge in [0.15, 0.2) is 0 Å². The molecule has 1 aliphatic carbocycles. The number of nitrogen functional groups attached to an aromatic ring is 1. The number of benzene rings is 1. The third kappa shape index (κ3) is 3.24. The van der Waals surface area contributed by atoms with Crippen LogP contribution in [0, 0.1) is 0 Å². The topological polar surface area (TPSA) is 72.9 Å². The van der Waals surface area contributed by atoms with Crippen molar-refractivity contribution < 1.29 is 4.79 Å². The fourth-order valence-electron chi connectivity index (χ4n) is 2.74. The van der Waals surface area contributed by atoms with Crippen molar-refractivity contribution in [2.24, 2.45) is 0 Å². The van der Waals surface area contributed by atoms with Crippen molar-refractivity contribution >= 4 is 17.3 Å². The smallest absolute Gasteiger partial charge is 0.226 e. The maximum atomic E-state index is 12.0. The zero-order valence-corrected chi connectivity index (χ0v) is 12.0. The number of carbonyl (C=O) groups is 1. The van der Waals surface area contributed by atoms with Crippen LogP contribution in [0.1, 0.15) is 30.7 Å². The van der Waals surface area contributed by atoms with Gasteiger partial charge in [0.25, 0.3) is 0 Å². The van der Waals surface area contributed by atoms with E-state index in [1.165, 1.54) is 24.2 Å². The Balaban J connectivity index is 1.56. The summed E-state index contributed by atoms with van der Waals surface area (Å²) >= 11 is 0. The number of fused-ring (bicyclic) bond motifs is 1. The molecule has 0 unspecified atom stereocenters. The second-order valence-corrected chi connectivity index (χ2v) is 5.46. The molecule has 21 heavy (non-hydrogen) atoms. The molecule has 0 bridgehead atoms. The van der Waals surface area contributed by atoms with Crippen LogP contribution in [0.5, 0.6) is 0 Å². The summed E-state index contributed by atoms with van der Waals surface area (Å²) in [4.78, 5) is 16.4. The maximum absolute atomic E-state index is 12.0. The number of nitrogens with zero attached hydrogens (tertiary/aromatic N) is 2. The molecule has 0 atom stereocenters. The van der Waals surface area contributed by atoms with Crippen molar-refractivity contribution in [2.75, 3.05) is 11.1 Å². The zero-order chi connectivity index (χ0) is 14.7. The van der Waals surface area contributed by atoms with Crippen molar-refractivity contribution in [3.63, 3.8) is 0 Å². The normalized spacial score (nSPS) is 13.7. The number of nitrogens with one attached hydrogen (secondary N) is 1. The fourth-order valence-corrected chi connectivity index (χ4v) is 2.74. The number of anilines is 2. The number of amides is 1. The van der Waals surface area contributed by atoms with E-state index in [4.69, 9.17) is 5.73 Å². The summed E-state index contributed by atoms with van der Waals surface area (Å²) < 4.78 is 2.12. The van der Waals surface area contributed by atoms with Crippen LogP contribution in [0.25, 0.3) is 0 Å². The van der Waals surface area contributed by atoms with E-state index >= 15 is 0 Å². The predicted octanol–water partition coefficient (Wildman–Crippen LogP) is 2.37. The summed E-state index contributed by atoms with van der Waals surface area (Å²) in [5, 5.41) is 2.88. The molecular weight excluding hydrogens is 264 g/mol. The Morgan fingerprint density at radius 3 is 2.81 bits per heavy atom. The van der Waals surface area contributed by atoms with E-state index in [0.29, 0.717) is 18.7 Å². The SMILES string of the molecule is Nc1ccc(NC(=O)CCn2cnc3c2CCCC3)cc1. The highest BCUT2D eigenvalue weighted by Gasteiger charge is 2.15. The summed E-state index contributed by atoms with van der Waals surface area (Å²) in [6.07, 6.45) is 6.91. The minimum absolute atomic E-state index is 0.0121. The first-order valence-electron chi connectivity index (χ1n) is 7.40. The zero-order valence-electron chi connectivity index (χ0n) is 12.0. The van der Waals surface area contributed by atoms with Gasteiger partial charge >= 0.3 is 0 Å². The van der Waals surface area contributed by atoms with Crippen LogP contribution in [0.4, 0.5) is 11.4 Å². The molecule has 0 spiro atoms. The van der Waals surface area contributed by atoms with E-state index in [-0.39, 0.29) is 5.91 Å². The Labute approximate surface area is 124 Å². The van der Waals surface area contributed by atoms with E-state index in [9.17, 15) is 4.79 Å². The van der Waals surface area contributed by atoms with Crippen LogP contribution >= 0.6 is 0 Å². The number of imidazole rings is 1. The molecule has 5 heteroatoms. The van der Waals surface area contributed by atoms with E-state index in [2.05, 4.69) is 14.9 Å². The standard InChI is InChI=1S/C16H20N4O/c17-12-5-7-13(8-6-12)19-16(21)9-10-20-11-18-14-3-1-2-4-15(14)20/h5-8,11H,1-4,9-10,17H2,(H,19,21). The number of aryl methyl sites for hydroxylation is 2. The van der Waals surface area contributed by atoms with Crippen molar-refractivity contribution in [3.8, 4) is 0 Å². The third-order valence-electron chi connectivity index (χ3n) is 3.88. The van der Waals surface area contributed by atoms with Gasteiger partial charge in [-0.25, -0.2) is 4.98 Å². The number of hydrogen-bond donors (Lipinski definition) is 2. The Kier molecular flexibility index (Phi) is 3.90. The molecule has 3 N–H and O–H groups in total. The number of nitrogens with two attached hydrogens (primary N) is 1. The van der Waals surface area contributed by atoms with Crippen LogP contribution in [-0.2, 0) is 24.2 Å². The average molecular weight is 284 g/mol. The first-order valence-corrected chi connectivity index (χ1v) is 7.40. The van der Waals surface area contributed by atoms with Gasteiger partial charge in [-0.1, -0.05) is 0 Å². The first-order chi connectivity index (χ1) is 10.2. The average Bonchev–Trinajstić information content (AvgIpc) is 2.91. The van der Waals surface area contributed by atoms with Gasteiger partial charge in [-0.2, -0.15) is 0 Å². The lowest BCUT2D eigenvalue weighted by Gasteiger charge is -2.14. The molecule has 1 aliphatic rings. The molecule has 0 saturated heterocycles. The van der Waals surface area contributed by atoms with Gasteiger partial charge in [0.05, 0.1) is 12.0 Å². The summed E-state index contributed by atoms with van der Waals surface area (Å²) in [5.41, 5.74) is 9.61. The van der Waals surface area contributed by atoms with Crippen LogP contribution in [0.3, 0.4) is 0 Å². The molecule has 1 heterocycles. The van der Waals surface area contributed by atoms with Gasteiger partial charge < -0.3 is 15.6 Å². The number of hydrogen-bond acceptors (Lipinski definition) is 3. The van der Waals surface area contributed by atoms with E-state index < -0.39 is 0 Å². The number of carbonyl (C=O) groups excluding carboxylic acids is 1. The van der Waals surface area contributed by atoms with Gasteiger partial charge in [0, 0.05) is 30.0 Å². The first kappa shape index (κ1) is 13.7. The molecule has 2 aromatic rings. The molecule has 0 fully saturated rings. The minimum atomic E-state index is 0.0121. The Morgan fingerprint density at radius 1 is 1.24 bits per heavy atom. The van der Waals surface area contributed by atoms with Crippen molar-refractivity contribution in [1.82, 2.24) is 9.55 Å². The molecule has 5 nitrogen and oxygen atoms in total. The van der Waals surface area contributed by atoms with E-state index in [1.807, 2.05) is 18.5 Å². The molecule has 3 rings (SSSR count). The molecule has 1 amide bonds. The van der Waals surface area contributed by atoms with Gasteiger partial charge in [-0.05, 0) is 49.9 Å². The predicted molar refractivity (Wildman–Crippen MR) is 83.0 cm³/mol. The molecule has 110 valence electrons. The molecular formula is C16H20N4O. The molecule has 0 saturated carbocycles. The lowest BCUT2D eigenvalue weighted by molar-refractivity contribution is -0.116. The van der Waals surface area contributed by atoms with Crippen LogP contribution in [-0.4, -0.2) is 15.5 Å².